The minimum absolute atomic E-state index is 0.173. The largest absolute Gasteiger partial charge is 0.465 e. The normalized spacial score (nSPS) is 15.3. The number of aromatic nitrogens is 4. The van der Waals surface area contributed by atoms with Gasteiger partial charge in [0.1, 0.15) is 11.3 Å². The highest BCUT2D eigenvalue weighted by atomic mass is 16.5. The summed E-state index contributed by atoms with van der Waals surface area (Å²) in [6.45, 7) is 13.3. The molecule has 9 heteroatoms. The van der Waals surface area contributed by atoms with Gasteiger partial charge in [-0.2, -0.15) is 0 Å². The fraction of sp³-hybridized carbons (Fsp3) is 0.200. The molecule has 0 saturated carbocycles. The van der Waals surface area contributed by atoms with Crippen LogP contribution in [0.3, 0.4) is 0 Å². The van der Waals surface area contributed by atoms with Crippen molar-refractivity contribution in [2.45, 2.75) is 19.5 Å². The number of pyridine rings is 2. The number of anilines is 1. The maximum atomic E-state index is 12.0. The highest BCUT2D eigenvalue weighted by Crippen LogP contribution is 2.32. The van der Waals surface area contributed by atoms with Crippen LogP contribution in [-0.2, 0) is 16.1 Å². The van der Waals surface area contributed by atoms with Gasteiger partial charge in [-0.05, 0) is 48.9 Å². The Morgan fingerprint density at radius 1 is 0.977 bits per heavy atom. The van der Waals surface area contributed by atoms with Gasteiger partial charge in [-0.3, -0.25) is 9.47 Å². The van der Waals surface area contributed by atoms with Crippen LogP contribution < -0.4 is 5.73 Å². The molecule has 44 heavy (non-hydrogen) atoms. The number of carbonyl (C=O) groups is 1. The van der Waals surface area contributed by atoms with Crippen molar-refractivity contribution in [3.05, 3.63) is 115 Å². The quantitative estimate of drug-likeness (QED) is 0.145. The molecule has 1 aliphatic heterocycles. The number of hydrogen-bond donors (Lipinski definition) is 1. The van der Waals surface area contributed by atoms with E-state index in [0.29, 0.717) is 22.9 Å². The number of piperazine rings is 1. The number of hydrogen-bond acceptors (Lipinski definition) is 8. The minimum atomic E-state index is -0.448. The monoisotopic (exact) mass is 585 g/mol. The molecular formula is C35H35N7O2. The van der Waals surface area contributed by atoms with E-state index in [1.165, 1.54) is 12.7 Å². The standard InChI is InChI=1S/C35H35N7O2/c1-23-21-40(19-20-41(23)25(3)24(2)35(43)44-4)22-26-12-14-28(15-13-26)42-33(29-11-8-18-37-32(29)36)39-31-17-16-30(38-34(31)42)27-9-6-5-7-10-27/h5-18,23H,2-3,19-22H2,1,4H3,(H2,36,37). The summed E-state index contributed by atoms with van der Waals surface area (Å²) in [7, 11) is 1.36. The van der Waals surface area contributed by atoms with Gasteiger partial charge in [-0.25, -0.2) is 19.7 Å². The number of fused-ring (bicyclic) bond motifs is 1. The van der Waals surface area contributed by atoms with Crippen LogP contribution in [0, 0.1) is 0 Å². The topological polar surface area (TPSA) is 102 Å². The highest BCUT2D eigenvalue weighted by molar-refractivity contribution is 5.92. The zero-order chi connectivity index (χ0) is 30.8. The molecule has 0 aliphatic carbocycles. The SMILES string of the molecule is C=C(C(=C)N1CCN(Cc2ccc(-n3c(-c4cccnc4N)nc4ccc(-c5ccccc5)nc43)cc2)CC1C)C(=O)OC. The molecule has 1 fully saturated rings. The summed E-state index contributed by atoms with van der Waals surface area (Å²) in [6.07, 6.45) is 1.68. The van der Waals surface area contributed by atoms with Crippen molar-refractivity contribution < 1.29 is 9.53 Å². The maximum Gasteiger partial charge on any atom is 0.339 e. The molecule has 4 heterocycles. The third-order valence-corrected chi connectivity index (χ3v) is 8.09. The van der Waals surface area contributed by atoms with Crippen molar-refractivity contribution in [2.24, 2.45) is 0 Å². The zero-order valence-corrected chi connectivity index (χ0v) is 25.0. The molecule has 2 N–H and O–H groups in total. The van der Waals surface area contributed by atoms with Crippen LogP contribution in [0.1, 0.15) is 12.5 Å². The second-order valence-corrected chi connectivity index (χ2v) is 11.0. The fourth-order valence-corrected chi connectivity index (χ4v) is 5.76. The first-order valence-corrected chi connectivity index (χ1v) is 14.5. The number of benzene rings is 2. The predicted molar refractivity (Wildman–Crippen MR) is 174 cm³/mol. The zero-order valence-electron chi connectivity index (χ0n) is 25.0. The minimum Gasteiger partial charge on any atom is -0.465 e. The lowest BCUT2D eigenvalue weighted by Gasteiger charge is -2.42. The molecule has 1 unspecified atom stereocenters. The van der Waals surface area contributed by atoms with Crippen LogP contribution in [0.25, 0.3) is 39.5 Å². The number of imidazole rings is 1. The first kappa shape index (κ1) is 28.8. The summed E-state index contributed by atoms with van der Waals surface area (Å²) in [5.74, 6) is 0.654. The van der Waals surface area contributed by atoms with Crippen molar-refractivity contribution in [3.8, 4) is 28.3 Å². The van der Waals surface area contributed by atoms with E-state index < -0.39 is 5.97 Å². The van der Waals surface area contributed by atoms with E-state index in [0.717, 1.165) is 59.9 Å². The molecule has 9 nitrogen and oxygen atoms in total. The van der Waals surface area contributed by atoms with Crippen molar-refractivity contribution >= 4 is 23.0 Å². The summed E-state index contributed by atoms with van der Waals surface area (Å²) in [5.41, 5.74) is 13.5. The number of rotatable bonds is 8. The second-order valence-electron chi connectivity index (χ2n) is 11.0. The highest BCUT2D eigenvalue weighted by Gasteiger charge is 2.27. The first-order valence-electron chi connectivity index (χ1n) is 14.5. The van der Waals surface area contributed by atoms with Gasteiger partial charge in [0, 0.05) is 55.4 Å². The number of nitrogen functional groups attached to an aromatic ring is 1. The van der Waals surface area contributed by atoms with E-state index >= 15 is 0 Å². The Kier molecular flexibility index (Phi) is 7.95. The summed E-state index contributed by atoms with van der Waals surface area (Å²) < 4.78 is 6.88. The first-order chi connectivity index (χ1) is 21.3. The maximum absolute atomic E-state index is 12.0. The van der Waals surface area contributed by atoms with Gasteiger partial charge in [0.05, 0.1) is 23.9 Å². The summed E-state index contributed by atoms with van der Waals surface area (Å²) in [4.78, 5) is 30.8. The third kappa shape index (κ3) is 5.57. The number of carbonyl (C=O) groups excluding carboxylic acids is 1. The lowest BCUT2D eigenvalue weighted by molar-refractivity contribution is -0.136. The van der Waals surface area contributed by atoms with Crippen LogP contribution in [0.5, 0.6) is 0 Å². The Hall–Kier alpha value is -5.28. The molecule has 1 aliphatic rings. The summed E-state index contributed by atoms with van der Waals surface area (Å²) >= 11 is 0. The Labute approximate surface area is 256 Å². The van der Waals surface area contributed by atoms with Crippen molar-refractivity contribution in [1.82, 2.24) is 29.3 Å². The number of esters is 1. The van der Waals surface area contributed by atoms with Crippen LogP contribution in [-0.4, -0.2) is 68.1 Å². The van der Waals surface area contributed by atoms with Crippen LogP contribution in [0.15, 0.2) is 109 Å². The summed E-state index contributed by atoms with van der Waals surface area (Å²) in [6, 6.07) is 26.6. The fourth-order valence-electron chi connectivity index (χ4n) is 5.76. The molecule has 3 aromatic heterocycles. The van der Waals surface area contributed by atoms with Gasteiger partial charge in [-0.1, -0.05) is 55.6 Å². The van der Waals surface area contributed by atoms with Gasteiger partial charge < -0.3 is 15.4 Å². The predicted octanol–water partition coefficient (Wildman–Crippen LogP) is 5.48. The Morgan fingerprint density at radius 2 is 1.75 bits per heavy atom. The van der Waals surface area contributed by atoms with Crippen LogP contribution >= 0.6 is 0 Å². The Balaban J connectivity index is 1.28. The molecule has 1 atom stereocenters. The molecule has 6 rings (SSSR count). The van der Waals surface area contributed by atoms with E-state index in [4.69, 9.17) is 20.4 Å². The lowest BCUT2D eigenvalue weighted by Crippen LogP contribution is -2.51. The number of nitrogens with two attached hydrogens (primary N) is 1. The summed E-state index contributed by atoms with van der Waals surface area (Å²) in [5, 5.41) is 0. The average molecular weight is 586 g/mol. The van der Waals surface area contributed by atoms with Gasteiger partial charge in [0.25, 0.3) is 0 Å². The van der Waals surface area contributed by atoms with E-state index in [9.17, 15) is 4.79 Å². The molecule has 222 valence electrons. The van der Waals surface area contributed by atoms with Crippen LogP contribution in [0.2, 0.25) is 0 Å². The third-order valence-electron chi connectivity index (χ3n) is 8.09. The smallest absolute Gasteiger partial charge is 0.339 e. The number of methoxy groups -OCH3 is 1. The molecule has 0 radical (unpaired) electrons. The Bertz CT molecular complexity index is 1850. The lowest BCUT2D eigenvalue weighted by atomic mass is 10.1. The van der Waals surface area contributed by atoms with E-state index in [1.807, 2.05) is 42.5 Å². The van der Waals surface area contributed by atoms with E-state index in [1.54, 1.807) is 6.20 Å². The van der Waals surface area contributed by atoms with Crippen molar-refractivity contribution in [1.29, 1.82) is 0 Å². The average Bonchev–Trinajstić information content (AvgIpc) is 3.43. The molecule has 1 saturated heterocycles. The molecule has 2 aromatic carbocycles. The van der Waals surface area contributed by atoms with Gasteiger partial charge >= 0.3 is 5.97 Å². The van der Waals surface area contributed by atoms with Gasteiger partial charge in [0.15, 0.2) is 11.5 Å². The number of ether oxygens (including phenoxy) is 1. The molecule has 0 bridgehead atoms. The Morgan fingerprint density at radius 3 is 2.45 bits per heavy atom. The van der Waals surface area contributed by atoms with E-state index in [-0.39, 0.29) is 6.04 Å². The molecule has 5 aromatic rings. The second kappa shape index (κ2) is 12.1. The van der Waals surface area contributed by atoms with Gasteiger partial charge in [-0.15, -0.1) is 0 Å². The van der Waals surface area contributed by atoms with Crippen molar-refractivity contribution in [2.75, 3.05) is 32.5 Å². The van der Waals surface area contributed by atoms with Gasteiger partial charge in [0.2, 0.25) is 0 Å². The number of nitrogens with zero attached hydrogens (tertiary/aromatic N) is 6. The molecule has 0 spiro atoms. The molecular weight excluding hydrogens is 550 g/mol. The van der Waals surface area contributed by atoms with Crippen molar-refractivity contribution in [3.63, 3.8) is 0 Å². The van der Waals surface area contributed by atoms with Crippen LogP contribution in [0.4, 0.5) is 5.82 Å². The van der Waals surface area contributed by atoms with E-state index in [2.05, 4.69) is 75.8 Å². The molecule has 0 amide bonds.